The van der Waals surface area contributed by atoms with Gasteiger partial charge in [0.25, 0.3) is 0 Å². The fourth-order valence-electron chi connectivity index (χ4n) is 2.91. The van der Waals surface area contributed by atoms with Gasteiger partial charge in [0, 0.05) is 37.6 Å². The van der Waals surface area contributed by atoms with Crippen LogP contribution in [0.1, 0.15) is 18.4 Å². The van der Waals surface area contributed by atoms with E-state index in [0.717, 1.165) is 19.0 Å². The minimum absolute atomic E-state index is 0.221. The van der Waals surface area contributed by atoms with Crippen molar-refractivity contribution in [1.29, 1.82) is 0 Å². The number of nitrogens with one attached hydrogen (secondary N) is 1. The van der Waals surface area contributed by atoms with E-state index in [0.29, 0.717) is 12.6 Å². The highest BCUT2D eigenvalue weighted by Crippen LogP contribution is 2.35. The lowest BCUT2D eigenvalue weighted by atomic mass is 10.1. The molecule has 0 saturated heterocycles. The number of fused-ring (bicyclic) bond motifs is 1. The molecular weight excluding hydrogens is 272 g/mol. The lowest BCUT2D eigenvalue weighted by Crippen LogP contribution is -2.41. The molecule has 0 radical (unpaired) electrons. The van der Waals surface area contributed by atoms with E-state index < -0.39 is 9.84 Å². The second-order valence-corrected chi connectivity index (χ2v) is 8.29. The van der Waals surface area contributed by atoms with Crippen molar-refractivity contribution in [3.8, 4) is 0 Å². The van der Waals surface area contributed by atoms with Gasteiger partial charge in [-0.2, -0.15) is 0 Å². The van der Waals surface area contributed by atoms with E-state index in [-0.39, 0.29) is 5.75 Å². The van der Waals surface area contributed by atoms with E-state index in [1.165, 1.54) is 30.3 Å². The first-order chi connectivity index (χ1) is 9.53. The Morgan fingerprint density at radius 1 is 1.30 bits per heavy atom. The Balaban J connectivity index is 1.82. The smallest absolute Gasteiger partial charge is 0.149 e. The minimum atomic E-state index is -2.92. The molecular formula is C15H22N2O2S. The zero-order chi connectivity index (χ0) is 14.2. The van der Waals surface area contributed by atoms with Crippen LogP contribution in [0.4, 0.5) is 5.69 Å². The number of hydrogen-bond donors (Lipinski definition) is 1. The van der Waals surface area contributed by atoms with E-state index in [1.54, 1.807) is 0 Å². The summed E-state index contributed by atoms with van der Waals surface area (Å²) in [6.45, 7) is 2.38. The maximum Gasteiger partial charge on any atom is 0.149 e. The van der Waals surface area contributed by atoms with Gasteiger partial charge in [0.2, 0.25) is 0 Å². The van der Waals surface area contributed by atoms with E-state index in [2.05, 4.69) is 22.3 Å². The van der Waals surface area contributed by atoms with Crippen LogP contribution in [0.25, 0.3) is 0 Å². The number of para-hydroxylation sites is 1. The molecule has 1 aliphatic carbocycles. The maximum absolute atomic E-state index is 11.5. The second-order valence-electron chi connectivity index (χ2n) is 6.03. The molecule has 20 heavy (non-hydrogen) atoms. The summed E-state index contributed by atoms with van der Waals surface area (Å²) in [7, 11) is -2.92. The van der Waals surface area contributed by atoms with Gasteiger partial charge in [-0.3, -0.25) is 0 Å². The molecule has 1 unspecified atom stereocenters. The van der Waals surface area contributed by atoms with Crippen LogP contribution in [-0.4, -0.2) is 39.6 Å². The molecule has 1 fully saturated rings. The lowest BCUT2D eigenvalue weighted by Gasteiger charge is -2.27. The van der Waals surface area contributed by atoms with Crippen LogP contribution in [0.15, 0.2) is 24.3 Å². The summed E-state index contributed by atoms with van der Waals surface area (Å²) >= 11 is 0. The molecule has 1 heterocycles. The number of hydrogen-bond acceptors (Lipinski definition) is 4. The van der Waals surface area contributed by atoms with E-state index in [1.807, 2.05) is 12.1 Å². The fourth-order valence-corrected chi connectivity index (χ4v) is 3.46. The van der Waals surface area contributed by atoms with Gasteiger partial charge in [-0.1, -0.05) is 18.2 Å². The average Bonchev–Trinajstić information content (AvgIpc) is 3.22. The molecule has 4 nitrogen and oxygen atoms in total. The molecule has 1 N–H and O–H groups in total. The molecule has 5 heteroatoms. The summed E-state index contributed by atoms with van der Waals surface area (Å²) in [5, 5.41) is 3.64. The van der Waals surface area contributed by atoms with Crippen molar-refractivity contribution >= 4 is 15.5 Å². The van der Waals surface area contributed by atoms with Gasteiger partial charge in [-0.15, -0.1) is 0 Å². The van der Waals surface area contributed by atoms with Crippen molar-refractivity contribution in [3.63, 3.8) is 0 Å². The van der Waals surface area contributed by atoms with Gasteiger partial charge in [-0.05, 0) is 30.4 Å². The molecule has 0 aromatic heterocycles. The SMILES string of the molecule is CS(=O)(=O)CCN1CC(C2CC2)NCc2ccccc21. The predicted octanol–water partition coefficient (Wildman–Crippen LogP) is 1.42. The Kier molecular flexibility index (Phi) is 3.73. The van der Waals surface area contributed by atoms with Crippen molar-refractivity contribution in [1.82, 2.24) is 5.32 Å². The van der Waals surface area contributed by atoms with Gasteiger partial charge in [0.15, 0.2) is 0 Å². The van der Waals surface area contributed by atoms with Gasteiger partial charge in [-0.25, -0.2) is 8.42 Å². The zero-order valence-electron chi connectivity index (χ0n) is 11.9. The summed E-state index contributed by atoms with van der Waals surface area (Å²) in [4.78, 5) is 2.25. The van der Waals surface area contributed by atoms with E-state index in [9.17, 15) is 8.42 Å². The van der Waals surface area contributed by atoms with Crippen molar-refractivity contribution in [2.24, 2.45) is 5.92 Å². The molecule has 0 spiro atoms. The zero-order valence-corrected chi connectivity index (χ0v) is 12.7. The average molecular weight is 294 g/mol. The third kappa shape index (κ3) is 3.33. The fraction of sp³-hybridized carbons (Fsp3) is 0.600. The van der Waals surface area contributed by atoms with Crippen molar-refractivity contribution in [2.45, 2.75) is 25.4 Å². The van der Waals surface area contributed by atoms with Crippen LogP contribution in [0.3, 0.4) is 0 Å². The highest BCUT2D eigenvalue weighted by molar-refractivity contribution is 7.90. The summed E-state index contributed by atoms with van der Waals surface area (Å²) in [5.41, 5.74) is 2.45. The quantitative estimate of drug-likeness (QED) is 0.912. The minimum Gasteiger partial charge on any atom is -0.369 e. The van der Waals surface area contributed by atoms with Gasteiger partial charge >= 0.3 is 0 Å². The second kappa shape index (κ2) is 5.37. The van der Waals surface area contributed by atoms with E-state index >= 15 is 0 Å². The topological polar surface area (TPSA) is 49.4 Å². The molecule has 2 aliphatic rings. The predicted molar refractivity (Wildman–Crippen MR) is 81.7 cm³/mol. The Morgan fingerprint density at radius 2 is 2.05 bits per heavy atom. The number of rotatable bonds is 4. The van der Waals surface area contributed by atoms with Crippen LogP contribution >= 0.6 is 0 Å². The number of nitrogens with zero attached hydrogens (tertiary/aromatic N) is 1. The third-order valence-electron chi connectivity index (χ3n) is 4.23. The number of anilines is 1. The molecule has 1 aromatic carbocycles. The number of sulfone groups is 1. The molecule has 0 bridgehead atoms. The molecule has 110 valence electrons. The van der Waals surface area contributed by atoms with Crippen molar-refractivity contribution in [3.05, 3.63) is 29.8 Å². The van der Waals surface area contributed by atoms with Gasteiger partial charge < -0.3 is 10.2 Å². The summed E-state index contributed by atoms with van der Waals surface area (Å²) in [5.74, 6) is 0.990. The monoisotopic (exact) mass is 294 g/mol. The maximum atomic E-state index is 11.5. The summed E-state index contributed by atoms with van der Waals surface area (Å²) < 4.78 is 22.9. The Labute approximate surface area is 121 Å². The largest absolute Gasteiger partial charge is 0.369 e. The molecule has 1 aliphatic heterocycles. The van der Waals surface area contributed by atoms with E-state index in [4.69, 9.17) is 0 Å². The summed E-state index contributed by atoms with van der Waals surface area (Å²) in [6.07, 6.45) is 3.91. The van der Waals surface area contributed by atoms with Crippen molar-refractivity contribution < 1.29 is 8.42 Å². The lowest BCUT2D eigenvalue weighted by molar-refractivity contribution is 0.469. The molecule has 0 amide bonds. The Hall–Kier alpha value is -1.07. The van der Waals surface area contributed by atoms with Crippen LogP contribution in [0.2, 0.25) is 0 Å². The van der Waals surface area contributed by atoms with Gasteiger partial charge in [0.1, 0.15) is 9.84 Å². The van der Waals surface area contributed by atoms with Crippen LogP contribution in [0.5, 0.6) is 0 Å². The van der Waals surface area contributed by atoms with Crippen LogP contribution in [0, 0.1) is 5.92 Å². The van der Waals surface area contributed by atoms with Crippen LogP contribution in [-0.2, 0) is 16.4 Å². The Bertz CT molecular complexity index is 581. The number of benzene rings is 1. The molecule has 1 aromatic rings. The normalized spacial score (nSPS) is 23.2. The first kappa shape index (κ1) is 13.9. The Morgan fingerprint density at radius 3 is 2.75 bits per heavy atom. The highest BCUT2D eigenvalue weighted by atomic mass is 32.2. The highest BCUT2D eigenvalue weighted by Gasteiger charge is 2.34. The van der Waals surface area contributed by atoms with Gasteiger partial charge in [0.05, 0.1) is 5.75 Å². The molecule has 1 atom stereocenters. The first-order valence-corrected chi connectivity index (χ1v) is 9.33. The standard InChI is InChI=1S/C15H22N2O2S/c1-20(18,19)9-8-17-11-14(12-6-7-12)16-10-13-4-2-3-5-15(13)17/h2-5,12,14,16H,6-11H2,1H3. The van der Waals surface area contributed by atoms with Crippen molar-refractivity contribution in [2.75, 3.05) is 30.0 Å². The summed E-state index contributed by atoms with van der Waals surface area (Å²) in [6, 6.07) is 8.80. The molecule has 3 rings (SSSR count). The third-order valence-corrected chi connectivity index (χ3v) is 5.15. The first-order valence-electron chi connectivity index (χ1n) is 7.27. The van der Waals surface area contributed by atoms with Crippen LogP contribution < -0.4 is 10.2 Å². The molecule has 1 saturated carbocycles.